The highest BCUT2D eigenvalue weighted by Crippen LogP contribution is 2.24. The summed E-state index contributed by atoms with van der Waals surface area (Å²) < 4.78 is 7.69. The molecule has 0 aliphatic rings. The molecule has 0 atom stereocenters. The van der Waals surface area contributed by atoms with Crippen LogP contribution < -0.4 is 10.5 Å². The van der Waals surface area contributed by atoms with Gasteiger partial charge in [0.15, 0.2) is 0 Å². The maximum atomic E-state index is 5.68. The molecule has 0 amide bonds. The smallest absolute Gasteiger partial charge is 0.119 e. The first-order valence-corrected chi connectivity index (χ1v) is 6.22. The van der Waals surface area contributed by atoms with Gasteiger partial charge in [-0.05, 0) is 43.2 Å². The van der Waals surface area contributed by atoms with Crippen molar-refractivity contribution in [3.8, 4) is 16.9 Å². The molecule has 2 aromatic rings. The Labute approximate surface area is 108 Å². The molecule has 0 aliphatic carbocycles. The SMILES string of the molecule is CC(C)Oc1ccc(-c2cc(CN)n(C)c2)cc1. The van der Waals surface area contributed by atoms with E-state index in [0.717, 1.165) is 11.4 Å². The van der Waals surface area contributed by atoms with E-state index in [9.17, 15) is 0 Å². The van der Waals surface area contributed by atoms with Crippen molar-refractivity contribution in [3.63, 3.8) is 0 Å². The van der Waals surface area contributed by atoms with E-state index >= 15 is 0 Å². The number of rotatable bonds is 4. The van der Waals surface area contributed by atoms with E-state index in [0.29, 0.717) is 6.54 Å². The van der Waals surface area contributed by atoms with Gasteiger partial charge in [0.2, 0.25) is 0 Å². The number of aromatic nitrogens is 1. The van der Waals surface area contributed by atoms with Crippen LogP contribution in [0, 0.1) is 0 Å². The van der Waals surface area contributed by atoms with E-state index in [2.05, 4.69) is 29.0 Å². The zero-order valence-electron chi connectivity index (χ0n) is 11.2. The Bertz CT molecular complexity index is 512. The van der Waals surface area contributed by atoms with Crippen LogP contribution in [-0.4, -0.2) is 10.7 Å². The van der Waals surface area contributed by atoms with Gasteiger partial charge >= 0.3 is 0 Å². The first-order chi connectivity index (χ1) is 8.60. The Morgan fingerprint density at radius 3 is 2.33 bits per heavy atom. The van der Waals surface area contributed by atoms with E-state index in [4.69, 9.17) is 10.5 Å². The highest BCUT2D eigenvalue weighted by Gasteiger charge is 2.04. The first-order valence-electron chi connectivity index (χ1n) is 6.22. The molecule has 1 aromatic heterocycles. The van der Waals surface area contributed by atoms with Gasteiger partial charge in [0.25, 0.3) is 0 Å². The molecule has 3 nitrogen and oxygen atoms in total. The second-order valence-corrected chi connectivity index (χ2v) is 4.73. The fourth-order valence-corrected chi connectivity index (χ4v) is 1.97. The second-order valence-electron chi connectivity index (χ2n) is 4.73. The lowest BCUT2D eigenvalue weighted by Crippen LogP contribution is -2.05. The third kappa shape index (κ3) is 2.74. The Morgan fingerprint density at radius 2 is 1.83 bits per heavy atom. The summed E-state index contributed by atoms with van der Waals surface area (Å²) in [5.74, 6) is 0.906. The molecule has 0 radical (unpaired) electrons. The normalized spacial score (nSPS) is 10.9. The molecule has 0 bridgehead atoms. The predicted molar refractivity (Wildman–Crippen MR) is 74.5 cm³/mol. The number of hydrogen-bond donors (Lipinski definition) is 1. The molecular weight excluding hydrogens is 224 g/mol. The molecule has 0 fully saturated rings. The number of nitrogens with zero attached hydrogens (tertiary/aromatic N) is 1. The minimum Gasteiger partial charge on any atom is -0.491 e. The summed E-state index contributed by atoms with van der Waals surface area (Å²) >= 11 is 0. The Kier molecular flexibility index (Phi) is 3.72. The molecule has 0 aliphatic heterocycles. The average Bonchev–Trinajstić information content (AvgIpc) is 2.71. The van der Waals surface area contributed by atoms with Crippen molar-refractivity contribution < 1.29 is 4.74 Å². The van der Waals surface area contributed by atoms with Gasteiger partial charge in [-0.3, -0.25) is 0 Å². The van der Waals surface area contributed by atoms with Crippen LogP contribution in [0.25, 0.3) is 11.1 Å². The van der Waals surface area contributed by atoms with Crippen molar-refractivity contribution >= 4 is 0 Å². The highest BCUT2D eigenvalue weighted by molar-refractivity contribution is 5.64. The van der Waals surface area contributed by atoms with Crippen LogP contribution >= 0.6 is 0 Å². The van der Waals surface area contributed by atoms with Gasteiger partial charge in [0.1, 0.15) is 5.75 Å². The fraction of sp³-hybridized carbons (Fsp3) is 0.333. The minimum atomic E-state index is 0.205. The summed E-state index contributed by atoms with van der Waals surface area (Å²) in [6.45, 7) is 4.61. The summed E-state index contributed by atoms with van der Waals surface area (Å²) in [6, 6.07) is 10.3. The Balaban J connectivity index is 2.22. The third-order valence-electron chi connectivity index (χ3n) is 2.88. The van der Waals surface area contributed by atoms with Gasteiger partial charge in [0.05, 0.1) is 6.10 Å². The lowest BCUT2D eigenvalue weighted by atomic mass is 10.1. The Morgan fingerprint density at radius 1 is 1.17 bits per heavy atom. The van der Waals surface area contributed by atoms with Crippen LogP contribution in [0.2, 0.25) is 0 Å². The summed E-state index contributed by atoms with van der Waals surface area (Å²) in [5.41, 5.74) is 9.18. The van der Waals surface area contributed by atoms with Crippen LogP contribution in [0.3, 0.4) is 0 Å². The minimum absolute atomic E-state index is 0.205. The second kappa shape index (κ2) is 5.27. The average molecular weight is 244 g/mol. The summed E-state index contributed by atoms with van der Waals surface area (Å²) in [6.07, 6.45) is 2.30. The molecule has 3 heteroatoms. The van der Waals surface area contributed by atoms with E-state index in [1.165, 1.54) is 11.1 Å². The van der Waals surface area contributed by atoms with Gasteiger partial charge in [-0.25, -0.2) is 0 Å². The van der Waals surface area contributed by atoms with Crippen molar-refractivity contribution in [2.45, 2.75) is 26.5 Å². The van der Waals surface area contributed by atoms with Crippen molar-refractivity contribution in [3.05, 3.63) is 42.2 Å². The molecule has 2 rings (SSSR count). The van der Waals surface area contributed by atoms with Crippen LogP contribution in [0.5, 0.6) is 5.75 Å². The number of nitrogens with two attached hydrogens (primary N) is 1. The summed E-state index contributed by atoms with van der Waals surface area (Å²) in [4.78, 5) is 0. The number of aryl methyl sites for hydroxylation is 1. The van der Waals surface area contributed by atoms with Gasteiger partial charge in [-0.2, -0.15) is 0 Å². The molecule has 0 spiro atoms. The van der Waals surface area contributed by atoms with Crippen molar-refractivity contribution in [1.82, 2.24) is 4.57 Å². The molecule has 1 aromatic carbocycles. The van der Waals surface area contributed by atoms with Gasteiger partial charge < -0.3 is 15.0 Å². The summed E-state index contributed by atoms with van der Waals surface area (Å²) in [5, 5.41) is 0. The van der Waals surface area contributed by atoms with E-state index in [-0.39, 0.29) is 6.10 Å². The van der Waals surface area contributed by atoms with Crippen LogP contribution in [0.15, 0.2) is 36.5 Å². The Hall–Kier alpha value is -1.74. The lowest BCUT2D eigenvalue weighted by molar-refractivity contribution is 0.242. The monoisotopic (exact) mass is 244 g/mol. The van der Waals surface area contributed by atoms with E-state index in [1.54, 1.807) is 0 Å². The molecule has 1 heterocycles. The van der Waals surface area contributed by atoms with Crippen LogP contribution in [0.4, 0.5) is 0 Å². The van der Waals surface area contributed by atoms with Gasteiger partial charge in [-0.15, -0.1) is 0 Å². The van der Waals surface area contributed by atoms with Crippen molar-refractivity contribution in [2.24, 2.45) is 12.8 Å². The first kappa shape index (κ1) is 12.7. The lowest BCUT2D eigenvalue weighted by Gasteiger charge is -2.09. The summed E-state index contributed by atoms with van der Waals surface area (Å²) in [7, 11) is 2.02. The predicted octanol–water partition coefficient (Wildman–Crippen LogP) is 2.94. The van der Waals surface area contributed by atoms with Gasteiger partial charge in [0, 0.05) is 25.5 Å². The van der Waals surface area contributed by atoms with E-state index < -0.39 is 0 Å². The molecular formula is C15H20N2O. The largest absolute Gasteiger partial charge is 0.491 e. The standard InChI is InChI=1S/C15H20N2O/c1-11(2)18-15-6-4-12(5-7-15)13-8-14(9-16)17(3)10-13/h4-8,10-11H,9,16H2,1-3H3. The van der Waals surface area contributed by atoms with Crippen LogP contribution in [0.1, 0.15) is 19.5 Å². The number of benzene rings is 1. The maximum Gasteiger partial charge on any atom is 0.119 e. The molecule has 18 heavy (non-hydrogen) atoms. The topological polar surface area (TPSA) is 40.2 Å². The number of ether oxygens (including phenoxy) is 1. The quantitative estimate of drug-likeness (QED) is 0.898. The highest BCUT2D eigenvalue weighted by atomic mass is 16.5. The van der Waals surface area contributed by atoms with E-state index in [1.807, 2.05) is 33.0 Å². The zero-order chi connectivity index (χ0) is 13.1. The fourth-order valence-electron chi connectivity index (χ4n) is 1.97. The third-order valence-corrected chi connectivity index (χ3v) is 2.88. The maximum absolute atomic E-state index is 5.68. The molecule has 0 saturated carbocycles. The molecule has 2 N–H and O–H groups in total. The zero-order valence-corrected chi connectivity index (χ0v) is 11.2. The number of hydrogen-bond acceptors (Lipinski definition) is 2. The van der Waals surface area contributed by atoms with Crippen molar-refractivity contribution in [1.29, 1.82) is 0 Å². The van der Waals surface area contributed by atoms with Crippen LogP contribution in [-0.2, 0) is 13.6 Å². The van der Waals surface area contributed by atoms with Gasteiger partial charge in [-0.1, -0.05) is 12.1 Å². The van der Waals surface area contributed by atoms with Crippen molar-refractivity contribution in [2.75, 3.05) is 0 Å². The molecule has 96 valence electrons. The molecule has 0 unspecified atom stereocenters. The molecule has 0 saturated heterocycles.